The van der Waals surface area contributed by atoms with Crippen molar-refractivity contribution in [1.29, 1.82) is 0 Å². The third-order valence-electron chi connectivity index (χ3n) is 1.67. The second-order valence-corrected chi connectivity index (χ2v) is 2.72. The fourth-order valence-corrected chi connectivity index (χ4v) is 0.943. The van der Waals surface area contributed by atoms with Crippen molar-refractivity contribution >= 4 is 17.6 Å². The highest BCUT2D eigenvalue weighted by Crippen LogP contribution is 2.04. The van der Waals surface area contributed by atoms with Crippen molar-refractivity contribution in [2.45, 2.75) is 12.8 Å². The van der Waals surface area contributed by atoms with E-state index < -0.39 is 0 Å². The number of H-pyrrole nitrogens is 1. The Labute approximate surface area is 81.5 Å². The SMILES string of the molecule is COC(=O)CCC(=O)Nc1cc[nH]c1. The van der Waals surface area contributed by atoms with Crippen LogP contribution >= 0.6 is 0 Å². The minimum absolute atomic E-state index is 0.104. The fraction of sp³-hybridized carbons (Fsp3) is 0.333. The molecule has 0 fully saturated rings. The Bertz CT molecular complexity index is 306. The van der Waals surface area contributed by atoms with E-state index in [1.54, 1.807) is 18.5 Å². The first kappa shape index (κ1) is 10.3. The molecule has 5 heteroatoms. The number of hydrogen-bond donors (Lipinski definition) is 2. The van der Waals surface area contributed by atoms with Crippen LogP contribution in [0.4, 0.5) is 5.69 Å². The molecule has 5 nitrogen and oxygen atoms in total. The van der Waals surface area contributed by atoms with Gasteiger partial charge in [-0.2, -0.15) is 0 Å². The number of carbonyl (C=O) groups is 2. The van der Waals surface area contributed by atoms with Crippen molar-refractivity contribution in [1.82, 2.24) is 4.98 Å². The number of aromatic nitrogens is 1. The first-order chi connectivity index (χ1) is 6.72. The lowest BCUT2D eigenvalue weighted by Gasteiger charge is -2.01. The van der Waals surface area contributed by atoms with Crippen molar-refractivity contribution in [3.05, 3.63) is 18.5 Å². The highest BCUT2D eigenvalue weighted by atomic mass is 16.5. The van der Waals surface area contributed by atoms with Crippen LogP contribution in [0.25, 0.3) is 0 Å². The van der Waals surface area contributed by atoms with Gasteiger partial charge in [0.15, 0.2) is 0 Å². The van der Waals surface area contributed by atoms with Gasteiger partial charge in [-0.3, -0.25) is 9.59 Å². The number of anilines is 1. The summed E-state index contributed by atoms with van der Waals surface area (Å²) in [4.78, 5) is 24.7. The number of carbonyl (C=O) groups excluding carboxylic acids is 2. The minimum atomic E-state index is -0.380. The van der Waals surface area contributed by atoms with Gasteiger partial charge in [0.05, 0.1) is 19.2 Å². The molecular weight excluding hydrogens is 184 g/mol. The molecule has 0 atom stereocenters. The van der Waals surface area contributed by atoms with Crippen molar-refractivity contribution in [2.24, 2.45) is 0 Å². The molecule has 2 N–H and O–H groups in total. The standard InChI is InChI=1S/C9H12N2O3/c1-14-9(13)3-2-8(12)11-7-4-5-10-6-7/h4-6,10H,2-3H2,1H3,(H,11,12). The summed E-state index contributed by atoms with van der Waals surface area (Å²) in [7, 11) is 1.30. The van der Waals surface area contributed by atoms with Gasteiger partial charge >= 0.3 is 5.97 Å². The summed E-state index contributed by atoms with van der Waals surface area (Å²) in [5.41, 5.74) is 0.694. The van der Waals surface area contributed by atoms with Crippen molar-refractivity contribution in [2.75, 3.05) is 12.4 Å². The van der Waals surface area contributed by atoms with E-state index in [-0.39, 0.29) is 24.7 Å². The van der Waals surface area contributed by atoms with Gasteiger partial charge in [-0.25, -0.2) is 0 Å². The highest BCUT2D eigenvalue weighted by molar-refractivity contribution is 5.92. The molecule has 1 aromatic heterocycles. The van der Waals surface area contributed by atoms with Crippen LogP contribution in [0.3, 0.4) is 0 Å². The number of esters is 1. The Morgan fingerprint density at radius 3 is 2.86 bits per heavy atom. The maximum atomic E-state index is 11.2. The monoisotopic (exact) mass is 196 g/mol. The average Bonchev–Trinajstić information content (AvgIpc) is 2.66. The summed E-state index contributed by atoms with van der Waals surface area (Å²) in [6, 6.07) is 1.73. The third-order valence-corrected chi connectivity index (χ3v) is 1.67. The predicted octanol–water partition coefficient (Wildman–Crippen LogP) is 0.906. The van der Waals surface area contributed by atoms with Gasteiger partial charge < -0.3 is 15.0 Å². The normalized spacial score (nSPS) is 9.50. The van der Waals surface area contributed by atoms with E-state index in [1.807, 2.05) is 0 Å². The lowest BCUT2D eigenvalue weighted by Crippen LogP contribution is -2.13. The van der Waals surface area contributed by atoms with Gasteiger partial charge in [0.2, 0.25) is 5.91 Å². The number of aromatic amines is 1. The quantitative estimate of drug-likeness (QED) is 0.703. The molecule has 1 aromatic rings. The van der Waals surface area contributed by atoms with Crippen molar-refractivity contribution in [3.63, 3.8) is 0 Å². The Morgan fingerprint density at radius 2 is 2.29 bits per heavy atom. The van der Waals surface area contributed by atoms with Gasteiger partial charge in [0.25, 0.3) is 0 Å². The molecule has 14 heavy (non-hydrogen) atoms. The fourth-order valence-electron chi connectivity index (χ4n) is 0.943. The molecule has 0 bridgehead atoms. The second-order valence-electron chi connectivity index (χ2n) is 2.72. The van der Waals surface area contributed by atoms with E-state index in [1.165, 1.54) is 7.11 Å². The molecule has 0 spiro atoms. The van der Waals surface area contributed by atoms with E-state index in [9.17, 15) is 9.59 Å². The van der Waals surface area contributed by atoms with Gasteiger partial charge in [-0.15, -0.1) is 0 Å². The first-order valence-electron chi connectivity index (χ1n) is 4.22. The molecule has 1 rings (SSSR count). The van der Waals surface area contributed by atoms with Gasteiger partial charge in [0, 0.05) is 18.8 Å². The van der Waals surface area contributed by atoms with E-state index >= 15 is 0 Å². The molecule has 0 saturated heterocycles. The summed E-state index contributed by atoms with van der Waals surface area (Å²) in [6.45, 7) is 0. The Balaban J connectivity index is 2.26. The Kier molecular flexibility index (Phi) is 3.72. The van der Waals surface area contributed by atoms with Crippen LogP contribution in [-0.4, -0.2) is 24.0 Å². The molecule has 0 radical (unpaired) electrons. The molecule has 0 aliphatic carbocycles. The zero-order valence-electron chi connectivity index (χ0n) is 7.87. The molecular formula is C9H12N2O3. The Hall–Kier alpha value is -1.78. The van der Waals surface area contributed by atoms with Crippen molar-refractivity contribution in [3.8, 4) is 0 Å². The summed E-state index contributed by atoms with van der Waals surface area (Å²) in [6.07, 6.45) is 3.61. The summed E-state index contributed by atoms with van der Waals surface area (Å²) in [5.74, 6) is -0.579. The molecule has 0 aliphatic rings. The largest absolute Gasteiger partial charge is 0.469 e. The van der Waals surface area contributed by atoms with Gasteiger partial charge in [-0.1, -0.05) is 0 Å². The van der Waals surface area contributed by atoms with Crippen LogP contribution in [0, 0.1) is 0 Å². The summed E-state index contributed by atoms with van der Waals surface area (Å²) in [5, 5.41) is 2.62. The number of nitrogens with one attached hydrogen (secondary N) is 2. The highest BCUT2D eigenvalue weighted by Gasteiger charge is 2.06. The molecule has 1 amide bonds. The number of rotatable bonds is 4. The van der Waals surface area contributed by atoms with Crippen LogP contribution in [0.2, 0.25) is 0 Å². The molecule has 0 saturated carbocycles. The average molecular weight is 196 g/mol. The smallest absolute Gasteiger partial charge is 0.306 e. The van der Waals surface area contributed by atoms with Crippen LogP contribution in [0.15, 0.2) is 18.5 Å². The molecule has 0 unspecified atom stereocenters. The van der Waals surface area contributed by atoms with E-state index in [2.05, 4.69) is 15.0 Å². The lowest BCUT2D eigenvalue weighted by atomic mass is 10.3. The third kappa shape index (κ3) is 3.30. The molecule has 0 aliphatic heterocycles. The van der Waals surface area contributed by atoms with E-state index in [4.69, 9.17) is 0 Å². The molecule has 76 valence electrons. The first-order valence-corrected chi connectivity index (χ1v) is 4.22. The Morgan fingerprint density at radius 1 is 1.50 bits per heavy atom. The maximum absolute atomic E-state index is 11.2. The van der Waals surface area contributed by atoms with E-state index in [0.717, 1.165) is 0 Å². The van der Waals surface area contributed by atoms with E-state index in [0.29, 0.717) is 5.69 Å². The predicted molar refractivity (Wildman–Crippen MR) is 50.7 cm³/mol. The van der Waals surface area contributed by atoms with Gasteiger partial charge in [-0.05, 0) is 6.07 Å². The van der Waals surface area contributed by atoms with Crippen LogP contribution in [-0.2, 0) is 14.3 Å². The maximum Gasteiger partial charge on any atom is 0.306 e. The zero-order valence-corrected chi connectivity index (χ0v) is 7.87. The van der Waals surface area contributed by atoms with Gasteiger partial charge in [0.1, 0.15) is 0 Å². The second kappa shape index (κ2) is 5.06. The summed E-state index contributed by atoms with van der Waals surface area (Å²) < 4.78 is 4.41. The number of hydrogen-bond acceptors (Lipinski definition) is 3. The molecule has 0 aromatic carbocycles. The number of amides is 1. The topological polar surface area (TPSA) is 71.2 Å². The zero-order chi connectivity index (χ0) is 10.4. The van der Waals surface area contributed by atoms with Crippen LogP contribution in [0.5, 0.6) is 0 Å². The van der Waals surface area contributed by atoms with Crippen LogP contribution in [0.1, 0.15) is 12.8 Å². The van der Waals surface area contributed by atoms with Crippen LogP contribution < -0.4 is 5.32 Å². The molecule has 1 heterocycles. The lowest BCUT2D eigenvalue weighted by molar-refractivity contribution is -0.141. The summed E-state index contributed by atoms with van der Waals surface area (Å²) >= 11 is 0. The minimum Gasteiger partial charge on any atom is -0.469 e. The number of ether oxygens (including phenoxy) is 1. The number of methoxy groups -OCH3 is 1. The van der Waals surface area contributed by atoms with Crippen molar-refractivity contribution < 1.29 is 14.3 Å².